The number of benzene rings is 2. The van der Waals surface area contributed by atoms with Crippen LogP contribution in [-0.2, 0) is 0 Å². The summed E-state index contributed by atoms with van der Waals surface area (Å²) >= 11 is 0. The van der Waals surface area contributed by atoms with E-state index in [0.717, 1.165) is 11.3 Å². The summed E-state index contributed by atoms with van der Waals surface area (Å²) in [6.45, 7) is 4.39. The molecule has 3 rings (SSSR count). The van der Waals surface area contributed by atoms with Gasteiger partial charge in [0, 0.05) is 12.2 Å². The molecule has 3 aromatic rings. The Balaban J connectivity index is 1.58. The predicted molar refractivity (Wildman–Crippen MR) is 109 cm³/mol. The SMILES string of the molecule is Cc1ccc([C@@H](CNC(=O)Nc2ccc(-n3nnnc3C)cc2)N(C)C)cc1. The number of nitrogens with one attached hydrogen (secondary N) is 2. The van der Waals surface area contributed by atoms with Crippen molar-refractivity contribution < 1.29 is 4.79 Å². The van der Waals surface area contributed by atoms with Gasteiger partial charge in [0.1, 0.15) is 0 Å². The highest BCUT2D eigenvalue weighted by Crippen LogP contribution is 2.18. The Morgan fingerprint density at radius 2 is 1.75 bits per heavy atom. The summed E-state index contributed by atoms with van der Waals surface area (Å²) < 4.78 is 1.63. The minimum Gasteiger partial charge on any atom is -0.336 e. The Labute approximate surface area is 164 Å². The van der Waals surface area contributed by atoms with Gasteiger partial charge in [-0.3, -0.25) is 0 Å². The minimum atomic E-state index is -0.245. The molecule has 0 saturated carbocycles. The van der Waals surface area contributed by atoms with Gasteiger partial charge in [-0.1, -0.05) is 29.8 Å². The summed E-state index contributed by atoms with van der Waals surface area (Å²) in [7, 11) is 4.01. The molecule has 8 nitrogen and oxygen atoms in total. The second-order valence-corrected chi connectivity index (χ2v) is 6.91. The van der Waals surface area contributed by atoms with Crippen molar-refractivity contribution in [2.45, 2.75) is 19.9 Å². The lowest BCUT2D eigenvalue weighted by molar-refractivity contribution is 0.243. The molecule has 0 aliphatic carbocycles. The summed E-state index contributed by atoms with van der Waals surface area (Å²) in [6, 6.07) is 15.6. The van der Waals surface area contributed by atoms with E-state index in [1.165, 1.54) is 5.56 Å². The Kier molecular flexibility index (Phi) is 6.00. The van der Waals surface area contributed by atoms with Crippen LogP contribution in [0.2, 0.25) is 0 Å². The van der Waals surface area contributed by atoms with Gasteiger partial charge in [-0.25, -0.2) is 4.79 Å². The van der Waals surface area contributed by atoms with E-state index in [2.05, 4.69) is 62.2 Å². The van der Waals surface area contributed by atoms with Gasteiger partial charge < -0.3 is 15.5 Å². The zero-order valence-electron chi connectivity index (χ0n) is 16.5. The van der Waals surface area contributed by atoms with Crippen LogP contribution in [0.5, 0.6) is 0 Å². The number of hydrogen-bond acceptors (Lipinski definition) is 5. The Morgan fingerprint density at radius 1 is 1.07 bits per heavy atom. The first kappa shape index (κ1) is 19.5. The number of aromatic nitrogens is 4. The van der Waals surface area contributed by atoms with Crippen LogP contribution in [0.1, 0.15) is 23.0 Å². The average molecular weight is 379 g/mol. The van der Waals surface area contributed by atoms with Crippen LogP contribution in [0.3, 0.4) is 0 Å². The molecule has 2 aromatic carbocycles. The first-order valence-corrected chi connectivity index (χ1v) is 9.07. The molecule has 1 atom stereocenters. The lowest BCUT2D eigenvalue weighted by Crippen LogP contribution is -2.36. The number of rotatable bonds is 6. The van der Waals surface area contributed by atoms with Crippen LogP contribution in [0.15, 0.2) is 48.5 Å². The maximum absolute atomic E-state index is 12.3. The van der Waals surface area contributed by atoms with Crippen molar-refractivity contribution in [2.75, 3.05) is 26.0 Å². The molecule has 0 spiro atoms. The van der Waals surface area contributed by atoms with Crippen LogP contribution < -0.4 is 10.6 Å². The highest BCUT2D eigenvalue weighted by Gasteiger charge is 2.15. The fourth-order valence-corrected chi connectivity index (χ4v) is 2.91. The maximum Gasteiger partial charge on any atom is 0.319 e. The van der Waals surface area contributed by atoms with E-state index in [-0.39, 0.29) is 12.1 Å². The lowest BCUT2D eigenvalue weighted by Gasteiger charge is -2.25. The number of carbonyl (C=O) groups excluding carboxylic acids is 1. The Hall–Kier alpha value is -3.26. The molecule has 0 aliphatic rings. The molecular formula is C20H25N7O. The van der Waals surface area contributed by atoms with Crippen LogP contribution in [-0.4, -0.2) is 51.8 Å². The van der Waals surface area contributed by atoms with Crippen molar-refractivity contribution >= 4 is 11.7 Å². The van der Waals surface area contributed by atoms with Crippen LogP contribution in [0.4, 0.5) is 10.5 Å². The Morgan fingerprint density at radius 3 is 2.32 bits per heavy atom. The number of amides is 2. The summed E-state index contributed by atoms with van der Waals surface area (Å²) in [5.41, 5.74) is 3.91. The van der Waals surface area contributed by atoms with Gasteiger partial charge in [-0.05, 0) is 68.2 Å². The van der Waals surface area contributed by atoms with Gasteiger partial charge in [0.15, 0.2) is 5.82 Å². The first-order chi connectivity index (χ1) is 13.4. The van der Waals surface area contributed by atoms with E-state index in [9.17, 15) is 4.79 Å². The fourth-order valence-electron chi connectivity index (χ4n) is 2.91. The molecule has 1 aromatic heterocycles. The van der Waals surface area contributed by atoms with Crippen molar-refractivity contribution in [1.82, 2.24) is 30.4 Å². The van der Waals surface area contributed by atoms with E-state index in [1.807, 2.05) is 45.3 Å². The van der Waals surface area contributed by atoms with E-state index >= 15 is 0 Å². The summed E-state index contributed by atoms with van der Waals surface area (Å²) in [5, 5.41) is 17.2. The second-order valence-electron chi connectivity index (χ2n) is 6.91. The van der Waals surface area contributed by atoms with Crippen molar-refractivity contribution in [3.05, 3.63) is 65.5 Å². The molecule has 0 unspecified atom stereocenters. The van der Waals surface area contributed by atoms with E-state index in [4.69, 9.17) is 0 Å². The molecule has 0 radical (unpaired) electrons. The number of carbonyl (C=O) groups is 1. The number of likely N-dealkylation sites (N-methyl/N-ethyl adjacent to an activating group) is 1. The zero-order chi connectivity index (χ0) is 20.1. The zero-order valence-corrected chi connectivity index (χ0v) is 16.5. The number of anilines is 1. The number of urea groups is 1. The van der Waals surface area contributed by atoms with Crippen LogP contribution >= 0.6 is 0 Å². The number of hydrogen-bond donors (Lipinski definition) is 2. The van der Waals surface area contributed by atoms with Crippen LogP contribution in [0.25, 0.3) is 5.69 Å². The standard InChI is InChI=1S/C20H25N7O/c1-14-5-7-16(8-6-14)19(26(3)4)13-21-20(28)22-17-9-11-18(12-10-17)27-15(2)23-24-25-27/h5-12,19H,13H2,1-4H3,(H2,21,22,28)/t19-/m1/s1. The highest BCUT2D eigenvalue weighted by atomic mass is 16.2. The van der Waals surface area contributed by atoms with Gasteiger partial charge in [0.05, 0.1) is 11.7 Å². The predicted octanol–water partition coefficient (Wildman–Crippen LogP) is 2.70. The topological polar surface area (TPSA) is 88.0 Å². The molecule has 2 N–H and O–H groups in total. The maximum atomic E-state index is 12.3. The third-order valence-electron chi connectivity index (χ3n) is 4.54. The quantitative estimate of drug-likeness (QED) is 0.687. The molecular weight excluding hydrogens is 354 g/mol. The van der Waals surface area contributed by atoms with E-state index in [0.29, 0.717) is 18.1 Å². The molecule has 0 aliphatic heterocycles. The number of nitrogens with zero attached hydrogens (tertiary/aromatic N) is 5. The van der Waals surface area contributed by atoms with E-state index < -0.39 is 0 Å². The third kappa shape index (κ3) is 4.72. The Bertz CT molecular complexity index is 916. The number of aryl methyl sites for hydroxylation is 2. The largest absolute Gasteiger partial charge is 0.336 e. The van der Waals surface area contributed by atoms with Gasteiger partial charge in [-0.15, -0.1) is 5.10 Å². The molecule has 1 heterocycles. The summed E-state index contributed by atoms with van der Waals surface area (Å²) in [5.74, 6) is 0.698. The summed E-state index contributed by atoms with van der Waals surface area (Å²) in [6.07, 6.45) is 0. The first-order valence-electron chi connectivity index (χ1n) is 9.07. The molecule has 8 heteroatoms. The van der Waals surface area contributed by atoms with Crippen molar-refractivity contribution in [1.29, 1.82) is 0 Å². The third-order valence-corrected chi connectivity index (χ3v) is 4.54. The molecule has 2 amide bonds. The lowest BCUT2D eigenvalue weighted by atomic mass is 10.0. The highest BCUT2D eigenvalue weighted by molar-refractivity contribution is 5.89. The van der Waals surface area contributed by atoms with Gasteiger partial charge in [0.25, 0.3) is 0 Å². The smallest absolute Gasteiger partial charge is 0.319 e. The van der Waals surface area contributed by atoms with Gasteiger partial charge >= 0.3 is 6.03 Å². The second kappa shape index (κ2) is 8.62. The van der Waals surface area contributed by atoms with Gasteiger partial charge in [0.2, 0.25) is 0 Å². The van der Waals surface area contributed by atoms with Crippen LogP contribution in [0, 0.1) is 13.8 Å². The minimum absolute atomic E-state index is 0.0940. The normalized spacial score (nSPS) is 12.0. The molecule has 146 valence electrons. The fraction of sp³-hybridized carbons (Fsp3) is 0.300. The van der Waals surface area contributed by atoms with Crippen molar-refractivity contribution in [3.8, 4) is 5.69 Å². The van der Waals surface area contributed by atoms with E-state index in [1.54, 1.807) is 4.68 Å². The van der Waals surface area contributed by atoms with Gasteiger partial charge in [-0.2, -0.15) is 4.68 Å². The number of tetrazole rings is 1. The molecule has 0 fully saturated rings. The van der Waals surface area contributed by atoms with Crippen molar-refractivity contribution in [2.24, 2.45) is 0 Å². The van der Waals surface area contributed by atoms with Crippen molar-refractivity contribution in [3.63, 3.8) is 0 Å². The average Bonchev–Trinajstić information content (AvgIpc) is 3.09. The summed E-state index contributed by atoms with van der Waals surface area (Å²) in [4.78, 5) is 14.4. The molecule has 0 saturated heterocycles. The monoisotopic (exact) mass is 379 g/mol. The molecule has 0 bridgehead atoms. The molecule has 28 heavy (non-hydrogen) atoms.